The third-order valence-electron chi connectivity index (χ3n) is 7.32. The summed E-state index contributed by atoms with van der Waals surface area (Å²) in [6, 6.07) is 15.2. The molecular formula is C27H30N4OS. The van der Waals surface area contributed by atoms with Crippen molar-refractivity contribution in [2.24, 2.45) is 0 Å². The number of likely N-dealkylation sites (tertiary alicyclic amines) is 1. The molecule has 1 atom stereocenters. The molecule has 0 amide bonds. The molecule has 1 unspecified atom stereocenters. The summed E-state index contributed by atoms with van der Waals surface area (Å²) in [7, 11) is 0. The lowest BCUT2D eigenvalue weighted by Crippen LogP contribution is -2.39. The summed E-state index contributed by atoms with van der Waals surface area (Å²) in [4.78, 5) is 23.0. The van der Waals surface area contributed by atoms with Crippen LogP contribution in [-0.4, -0.2) is 46.7 Å². The minimum absolute atomic E-state index is 0.103. The van der Waals surface area contributed by atoms with E-state index in [1.165, 1.54) is 47.1 Å². The van der Waals surface area contributed by atoms with Gasteiger partial charge in [0.05, 0.1) is 18.3 Å². The van der Waals surface area contributed by atoms with E-state index in [2.05, 4.69) is 52.7 Å². The second-order valence-electron chi connectivity index (χ2n) is 9.44. The summed E-state index contributed by atoms with van der Waals surface area (Å²) < 4.78 is 1.79. The number of hydrogen-bond acceptors (Lipinski definition) is 5. The van der Waals surface area contributed by atoms with Gasteiger partial charge in [-0.2, -0.15) is 0 Å². The van der Waals surface area contributed by atoms with Gasteiger partial charge in [0.1, 0.15) is 4.83 Å². The van der Waals surface area contributed by atoms with E-state index in [1.807, 2.05) is 0 Å². The SMILES string of the molecule is O=c1c2c3c(sc2ncn1Cc1cccc2ccccc12)CC(NCCN1CCCC1)CC3. The number of aryl methyl sites for hydroxylation is 1. The molecule has 0 spiro atoms. The van der Waals surface area contributed by atoms with Crippen LogP contribution in [0.1, 0.15) is 35.3 Å². The van der Waals surface area contributed by atoms with E-state index in [9.17, 15) is 4.79 Å². The largest absolute Gasteiger partial charge is 0.312 e. The summed E-state index contributed by atoms with van der Waals surface area (Å²) in [5, 5.41) is 7.02. The quantitative estimate of drug-likeness (QED) is 0.470. The molecule has 170 valence electrons. The first-order valence-corrected chi connectivity index (χ1v) is 13.0. The van der Waals surface area contributed by atoms with E-state index in [0.29, 0.717) is 12.6 Å². The molecule has 2 aliphatic rings. The highest BCUT2D eigenvalue weighted by molar-refractivity contribution is 7.18. The molecular weight excluding hydrogens is 428 g/mol. The Morgan fingerprint density at radius 2 is 1.94 bits per heavy atom. The zero-order valence-electron chi connectivity index (χ0n) is 18.9. The number of rotatable bonds is 6. The molecule has 3 heterocycles. The molecule has 2 aromatic carbocycles. The standard InChI is InChI=1S/C27H30N4OS/c32-27-25-23-11-10-21(28-12-15-30-13-3-4-14-30)16-24(23)33-26(25)29-18-31(27)17-20-8-5-7-19-6-1-2-9-22(19)20/h1-2,5-9,18,21,28H,3-4,10-17H2. The Labute approximate surface area is 198 Å². The molecule has 33 heavy (non-hydrogen) atoms. The van der Waals surface area contributed by atoms with Crippen LogP contribution in [0.3, 0.4) is 0 Å². The molecule has 1 saturated heterocycles. The van der Waals surface area contributed by atoms with Gasteiger partial charge in [0.2, 0.25) is 0 Å². The van der Waals surface area contributed by atoms with Crippen LogP contribution < -0.4 is 10.9 Å². The fourth-order valence-corrected chi connectivity index (χ4v) is 6.79. The molecule has 1 N–H and O–H groups in total. The summed E-state index contributed by atoms with van der Waals surface area (Å²) >= 11 is 1.72. The van der Waals surface area contributed by atoms with Gasteiger partial charge in [-0.25, -0.2) is 4.98 Å². The summed E-state index contributed by atoms with van der Waals surface area (Å²) in [6.07, 6.45) is 7.50. The summed E-state index contributed by atoms with van der Waals surface area (Å²) in [6.45, 7) is 5.26. The van der Waals surface area contributed by atoms with Crippen LogP contribution in [0.4, 0.5) is 0 Å². The Balaban J connectivity index is 1.23. The van der Waals surface area contributed by atoms with Crippen molar-refractivity contribution in [2.75, 3.05) is 26.2 Å². The third kappa shape index (κ3) is 4.12. The highest BCUT2D eigenvalue weighted by Crippen LogP contribution is 2.33. The molecule has 0 saturated carbocycles. The number of thiophene rings is 1. The Kier molecular flexibility index (Phi) is 5.74. The average molecular weight is 459 g/mol. The minimum Gasteiger partial charge on any atom is -0.312 e. The Hall–Kier alpha value is -2.54. The molecule has 6 heteroatoms. The van der Waals surface area contributed by atoms with Gasteiger partial charge >= 0.3 is 0 Å². The Morgan fingerprint density at radius 3 is 2.85 bits per heavy atom. The minimum atomic E-state index is 0.103. The lowest BCUT2D eigenvalue weighted by molar-refractivity contribution is 0.322. The number of benzene rings is 2. The maximum atomic E-state index is 13.5. The summed E-state index contributed by atoms with van der Waals surface area (Å²) in [5.41, 5.74) is 2.51. The van der Waals surface area contributed by atoms with Gasteiger partial charge in [-0.15, -0.1) is 11.3 Å². The van der Waals surface area contributed by atoms with Crippen molar-refractivity contribution >= 4 is 32.3 Å². The molecule has 4 aromatic rings. The van der Waals surface area contributed by atoms with Crippen LogP contribution in [0, 0.1) is 0 Å². The normalized spacial score (nSPS) is 18.8. The van der Waals surface area contributed by atoms with E-state index in [1.54, 1.807) is 22.2 Å². The molecule has 1 aliphatic heterocycles. The smallest absolute Gasteiger partial charge is 0.262 e. The lowest BCUT2D eigenvalue weighted by atomic mass is 9.93. The number of aromatic nitrogens is 2. The predicted molar refractivity (Wildman–Crippen MR) is 136 cm³/mol. The van der Waals surface area contributed by atoms with Gasteiger partial charge in [-0.05, 0) is 67.1 Å². The fraction of sp³-hybridized carbons (Fsp3) is 0.407. The van der Waals surface area contributed by atoms with E-state index < -0.39 is 0 Å². The van der Waals surface area contributed by atoms with Crippen LogP contribution >= 0.6 is 11.3 Å². The van der Waals surface area contributed by atoms with Gasteiger partial charge in [-0.1, -0.05) is 42.5 Å². The van der Waals surface area contributed by atoms with Crippen molar-refractivity contribution in [3.05, 3.63) is 75.1 Å². The third-order valence-corrected chi connectivity index (χ3v) is 8.48. The maximum Gasteiger partial charge on any atom is 0.262 e. The van der Waals surface area contributed by atoms with Crippen molar-refractivity contribution in [3.63, 3.8) is 0 Å². The van der Waals surface area contributed by atoms with E-state index in [4.69, 9.17) is 4.98 Å². The lowest BCUT2D eigenvalue weighted by Gasteiger charge is -2.24. The number of fused-ring (bicyclic) bond motifs is 4. The second kappa shape index (κ2) is 9.01. The van der Waals surface area contributed by atoms with Crippen molar-refractivity contribution in [3.8, 4) is 0 Å². The molecule has 2 aromatic heterocycles. The first kappa shape index (κ1) is 21.0. The van der Waals surface area contributed by atoms with E-state index in [-0.39, 0.29) is 5.56 Å². The number of hydrogen-bond donors (Lipinski definition) is 1. The van der Waals surface area contributed by atoms with Crippen LogP contribution in [0.2, 0.25) is 0 Å². The van der Waals surface area contributed by atoms with Gasteiger partial charge in [0.25, 0.3) is 5.56 Å². The zero-order chi connectivity index (χ0) is 22.2. The Bertz CT molecular complexity index is 1350. The van der Waals surface area contributed by atoms with E-state index >= 15 is 0 Å². The number of nitrogens with zero attached hydrogens (tertiary/aromatic N) is 3. The molecule has 6 rings (SSSR count). The molecule has 1 fully saturated rings. The van der Waals surface area contributed by atoms with Gasteiger partial charge < -0.3 is 10.2 Å². The van der Waals surface area contributed by atoms with Crippen LogP contribution in [-0.2, 0) is 19.4 Å². The Morgan fingerprint density at radius 1 is 1.09 bits per heavy atom. The topological polar surface area (TPSA) is 50.2 Å². The van der Waals surface area contributed by atoms with E-state index in [0.717, 1.165) is 48.1 Å². The summed E-state index contributed by atoms with van der Waals surface area (Å²) in [5.74, 6) is 0. The van der Waals surface area contributed by atoms with Gasteiger partial charge in [0, 0.05) is 24.0 Å². The van der Waals surface area contributed by atoms with Crippen molar-refractivity contribution < 1.29 is 0 Å². The van der Waals surface area contributed by atoms with Crippen LogP contribution in [0.5, 0.6) is 0 Å². The number of nitrogens with one attached hydrogen (secondary N) is 1. The van der Waals surface area contributed by atoms with Gasteiger partial charge in [0.15, 0.2) is 0 Å². The fourth-order valence-electron chi connectivity index (χ4n) is 5.53. The highest BCUT2D eigenvalue weighted by atomic mass is 32.1. The monoisotopic (exact) mass is 458 g/mol. The van der Waals surface area contributed by atoms with Crippen LogP contribution in [0.25, 0.3) is 21.0 Å². The molecule has 0 radical (unpaired) electrons. The van der Waals surface area contributed by atoms with Crippen molar-refractivity contribution in [1.82, 2.24) is 19.8 Å². The first-order valence-electron chi connectivity index (χ1n) is 12.2. The molecule has 1 aliphatic carbocycles. The maximum absolute atomic E-state index is 13.5. The first-order chi connectivity index (χ1) is 16.3. The molecule has 5 nitrogen and oxygen atoms in total. The highest BCUT2D eigenvalue weighted by Gasteiger charge is 2.25. The molecule has 0 bridgehead atoms. The van der Waals surface area contributed by atoms with Crippen LogP contribution in [0.15, 0.2) is 53.6 Å². The second-order valence-corrected chi connectivity index (χ2v) is 10.5. The van der Waals surface area contributed by atoms with Crippen molar-refractivity contribution in [1.29, 1.82) is 0 Å². The predicted octanol–water partition coefficient (Wildman–Crippen LogP) is 4.20. The zero-order valence-corrected chi connectivity index (χ0v) is 19.7. The average Bonchev–Trinajstić information content (AvgIpc) is 3.49. The van der Waals surface area contributed by atoms with Crippen molar-refractivity contribution in [2.45, 2.75) is 44.7 Å². The van der Waals surface area contributed by atoms with Gasteiger partial charge in [-0.3, -0.25) is 9.36 Å².